The lowest BCUT2D eigenvalue weighted by Crippen LogP contribution is -2.30. The Kier molecular flexibility index (Phi) is 5.38. The maximum absolute atomic E-state index is 12.6. The van der Waals surface area contributed by atoms with E-state index in [2.05, 4.69) is 28.9 Å². The Bertz CT molecular complexity index is 567. The van der Waals surface area contributed by atoms with Crippen molar-refractivity contribution in [1.82, 2.24) is 4.90 Å². The minimum atomic E-state index is -0.0513. The molecule has 0 spiro atoms. The third kappa shape index (κ3) is 3.70. The zero-order chi connectivity index (χ0) is 14.5. The third-order valence-electron chi connectivity index (χ3n) is 3.31. The summed E-state index contributed by atoms with van der Waals surface area (Å²) in [7, 11) is 1.88. The van der Waals surface area contributed by atoms with Crippen LogP contribution in [0.3, 0.4) is 0 Å². The van der Waals surface area contributed by atoms with Crippen LogP contribution in [-0.2, 0) is 11.3 Å². The van der Waals surface area contributed by atoms with Crippen LogP contribution in [0.1, 0.15) is 29.7 Å². The number of halogens is 1. The van der Waals surface area contributed by atoms with Crippen LogP contribution < -0.4 is 0 Å². The van der Waals surface area contributed by atoms with Crippen molar-refractivity contribution in [2.45, 2.75) is 25.8 Å². The molecule has 1 aromatic carbocycles. The molecule has 106 valence electrons. The van der Waals surface area contributed by atoms with Gasteiger partial charge in [0.25, 0.3) is 0 Å². The van der Waals surface area contributed by atoms with Crippen molar-refractivity contribution >= 4 is 33.2 Å². The summed E-state index contributed by atoms with van der Waals surface area (Å²) in [5, 5.41) is 0. The molecule has 0 N–H and O–H groups in total. The van der Waals surface area contributed by atoms with E-state index in [-0.39, 0.29) is 11.8 Å². The van der Waals surface area contributed by atoms with Crippen molar-refractivity contribution in [3.05, 3.63) is 56.7 Å². The topological polar surface area (TPSA) is 20.3 Å². The zero-order valence-electron chi connectivity index (χ0n) is 11.7. The van der Waals surface area contributed by atoms with Crippen molar-refractivity contribution in [2.24, 2.45) is 0 Å². The summed E-state index contributed by atoms with van der Waals surface area (Å²) in [6.45, 7) is 2.73. The number of likely N-dealkylation sites (N-methyl/N-ethyl adjacent to an activating group) is 1. The van der Waals surface area contributed by atoms with Crippen LogP contribution in [0.4, 0.5) is 0 Å². The summed E-state index contributed by atoms with van der Waals surface area (Å²) in [4.78, 5) is 15.6. The Morgan fingerprint density at radius 1 is 1.25 bits per heavy atom. The molecular formula is C16H18BrNOS. The molecule has 1 atom stereocenters. The second-order valence-electron chi connectivity index (χ2n) is 4.77. The molecule has 2 aromatic rings. The van der Waals surface area contributed by atoms with Gasteiger partial charge in [-0.25, -0.2) is 0 Å². The summed E-state index contributed by atoms with van der Waals surface area (Å²) >= 11 is 5.12. The van der Waals surface area contributed by atoms with E-state index < -0.39 is 0 Å². The summed E-state index contributed by atoms with van der Waals surface area (Å²) in [6, 6.07) is 14.1. The van der Waals surface area contributed by atoms with Gasteiger partial charge in [0.05, 0.1) is 16.2 Å². The molecule has 0 saturated heterocycles. The van der Waals surface area contributed by atoms with Gasteiger partial charge in [-0.1, -0.05) is 37.3 Å². The Hall–Kier alpha value is -1.13. The SMILES string of the molecule is CCC(C(=O)N(C)Cc1ccc(Br)s1)c1ccccc1. The van der Waals surface area contributed by atoms with Crippen molar-refractivity contribution < 1.29 is 4.79 Å². The van der Waals surface area contributed by atoms with Gasteiger partial charge in [0.1, 0.15) is 0 Å². The van der Waals surface area contributed by atoms with Crippen LogP contribution in [0, 0.1) is 0 Å². The highest BCUT2D eigenvalue weighted by Crippen LogP contribution is 2.25. The summed E-state index contributed by atoms with van der Waals surface area (Å²) < 4.78 is 1.10. The average Bonchev–Trinajstić information content (AvgIpc) is 2.86. The lowest BCUT2D eigenvalue weighted by molar-refractivity contribution is -0.132. The molecule has 2 nitrogen and oxygen atoms in total. The van der Waals surface area contributed by atoms with Crippen LogP contribution in [-0.4, -0.2) is 17.9 Å². The van der Waals surface area contributed by atoms with E-state index in [0.29, 0.717) is 6.54 Å². The highest BCUT2D eigenvalue weighted by atomic mass is 79.9. The van der Waals surface area contributed by atoms with E-state index in [4.69, 9.17) is 0 Å². The van der Waals surface area contributed by atoms with Gasteiger partial charge in [0.15, 0.2) is 0 Å². The summed E-state index contributed by atoms with van der Waals surface area (Å²) in [5.41, 5.74) is 1.10. The van der Waals surface area contributed by atoms with E-state index in [1.54, 1.807) is 11.3 Å². The quantitative estimate of drug-likeness (QED) is 0.766. The monoisotopic (exact) mass is 351 g/mol. The van der Waals surface area contributed by atoms with E-state index in [1.807, 2.05) is 48.3 Å². The van der Waals surface area contributed by atoms with Gasteiger partial charge in [-0.05, 0) is 40.0 Å². The molecule has 0 aliphatic rings. The third-order valence-corrected chi connectivity index (χ3v) is 4.91. The number of thiophene rings is 1. The molecule has 4 heteroatoms. The molecule has 0 saturated carbocycles. The predicted molar refractivity (Wildman–Crippen MR) is 88.0 cm³/mol. The highest BCUT2D eigenvalue weighted by Gasteiger charge is 2.22. The van der Waals surface area contributed by atoms with Gasteiger partial charge >= 0.3 is 0 Å². The average molecular weight is 352 g/mol. The molecule has 1 aromatic heterocycles. The Morgan fingerprint density at radius 3 is 2.50 bits per heavy atom. The van der Waals surface area contributed by atoms with Crippen LogP contribution in [0.25, 0.3) is 0 Å². The smallest absolute Gasteiger partial charge is 0.230 e. The maximum atomic E-state index is 12.6. The minimum absolute atomic E-state index is 0.0513. The second kappa shape index (κ2) is 7.04. The lowest BCUT2D eigenvalue weighted by atomic mass is 9.95. The fraction of sp³-hybridized carbons (Fsp3) is 0.312. The number of rotatable bonds is 5. The first-order chi connectivity index (χ1) is 9.61. The van der Waals surface area contributed by atoms with E-state index >= 15 is 0 Å². The lowest BCUT2D eigenvalue weighted by Gasteiger charge is -2.23. The molecule has 2 rings (SSSR count). The normalized spacial score (nSPS) is 12.2. The number of benzene rings is 1. The number of hydrogen-bond acceptors (Lipinski definition) is 2. The van der Waals surface area contributed by atoms with Gasteiger partial charge in [-0.3, -0.25) is 4.79 Å². The Labute approximate surface area is 132 Å². The number of carbonyl (C=O) groups is 1. The predicted octanol–water partition coefficient (Wildman–Crippen LogP) is 4.66. The fourth-order valence-corrected chi connectivity index (χ4v) is 3.79. The Morgan fingerprint density at radius 2 is 1.95 bits per heavy atom. The molecule has 1 heterocycles. The van der Waals surface area contributed by atoms with E-state index in [0.717, 1.165) is 15.8 Å². The van der Waals surface area contributed by atoms with Crippen LogP contribution in [0.5, 0.6) is 0 Å². The number of carbonyl (C=O) groups excluding carboxylic acids is 1. The second-order valence-corrected chi connectivity index (χ2v) is 7.32. The first-order valence-electron chi connectivity index (χ1n) is 6.66. The van der Waals surface area contributed by atoms with Gasteiger partial charge in [-0.2, -0.15) is 0 Å². The zero-order valence-corrected chi connectivity index (χ0v) is 14.1. The molecule has 1 amide bonds. The molecule has 0 radical (unpaired) electrons. The standard InChI is InChI=1S/C16H18BrNOS/c1-3-14(12-7-5-4-6-8-12)16(19)18(2)11-13-9-10-15(17)20-13/h4-10,14H,3,11H2,1-2H3. The largest absolute Gasteiger partial charge is 0.340 e. The minimum Gasteiger partial charge on any atom is -0.340 e. The first-order valence-corrected chi connectivity index (χ1v) is 8.27. The van der Waals surface area contributed by atoms with Gasteiger partial charge in [0.2, 0.25) is 5.91 Å². The van der Waals surface area contributed by atoms with Crippen molar-refractivity contribution in [3.63, 3.8) is 0 Å². The summed E-state index contributed by atoms with van der Waals surface area (Å²) in [6.07, 6.45) is 0.821. The maximum Gasteiger partial charge on any atom is 0.230 e. The van der Waals surface area contributed by atoms with Gasteiger partial charge < -0.3 is 4.90 Å². The number of amides is 1. The molecule has 0 fully saturated rings. The van der Waals surface area contributed by atoms with Crippen LogP contribution >= 0.6 is 27.3 Å². The number of nitrogens with zero attached hydrogens (tertiary/aromatic N) is 1. The number of hydrogen-bond donors (Lipinski definition) is 0. The van der Waals surface area contributed by atoms with E-state index in [1.165, 1.54) is 4.88 Å². The van der Waals surface area contributed by atoms with Crippen molar-refractivity contribution in [2.75, 3.05) is 7.05 Å². The van der Waals surface area contributed by atoms with Gasteiger partial charge in [-0.15, -0.1) is 11.3 Å². The molecule has 0 aliphatic heterocycles. The summed E-state index contributed by atoms with van der Waals surface area (Å²) in [5.74, 6) is 0.132. The molecule has 20 heavy (non-hydrogen) atoms. The molecule has 1 unspecified atom stereocenters. The van der Waals surface area contributed by atoms with Crippen LogP contribution in [0.2, 0.25) is 0 Å². The van der Waals surface area contributed by atoms with Gasteiger partial charge in [0, 0.05) is 11.9 Å². The Balaban J connectivity index is 2.08. The molecular weight excluding hydrogens is 334 g/mol. The molecule has 0 bridgehead atoms. The fourth-order valence-electron chi connectivity index (χ4n) is 2.25. The first kappa shape index (κ1) is 15.3. The van der Waals surface area contributed by atoms with Crippen molar-refractivity contribution in [3.8, 4) is 0 Å². The van der Waals surface area contributed by atoms with Crippen molar-refractivity contribution in [1.29, 1.82) is 0 Å². The van der Waals surface area contributed by atoms with Crippen LogP contribution in [0.15, 0.2) is 46.3 Å². The molecule has 0 aliphatic carbocycles. The van der Waals surface area contributed by atoms with E-state index in [9.17, 15) is 4.79 Å². The highest BCUT2D eigenvalue weighted by molar-refractivity contribution is 9.11.